The molecule has 0 spiro atoms. The first-order chi connectivity index (χ1) is 9.96. The van der Waals surface area contributed by atoms with Crippen molar-refractivity contribution >= 4 is 10.0 Å². The Balaban J connectivity index is 2.19. The number of hydrogen-bond acceptors (Lipinski definition) is 4. The third-order valence-electron chi connectivity index (χ3n) is 4.55. The maximum atomic E-state index is 12.5. The number of ether oxygens (including phenoxy) is 1. The van der Waals surface area contributed by atoms with Gasteiger partial charge in [-0.25, -0.2) is 13.1 Å². The predicted molar refractivity (Wildman–Crippen MR) is 82.6 cm³/mol. The molecule has 1 fully saturated rings. The fourth-order valence-corrected chi connectivity index (χ4v) is 4.02. The van der Waals surface area contributed by atoms with Crippen molar-refractivity contribution in [1.29, 1.82) is 0 Å². The highest BCUT2D eigenvalue weighted by Gasteiger charge is 2.36. The molecule has 0 atom stereocenters. The normalized spacial score (nSPS) is 17.3. The first-order valence-electron chi connectivity index (χ1n) is 7.33. The minimum atomic E-state index is -3.56. The molecule has 0 aromatic heterocycles. The van der Waals surface area contributed by atoms with Gasteiger partial charge in [0.1, 0.15) is 10.6 Å². The van der Waals surface area contributed by atoms with Gasteiger partial charge in [-0.15, -0.1) is 0 Å². The molecule has 0 heterocycles. The smallest absolute Gasteiger partial charge is 0.244 e. The lowest BCUT2D eigenvalue weighted by atomic mass is 9.67. The molecule has 1 aliphatic carbocycles. The van der Waals surface area contributed by atoms with E-state index in [4.69, 9.17) is 10.5 Å². The van der Waals surface area contributed by atoms with Crippen LogP contribution in [-0.4, -0.2) is 22.1 Å². The molecule has 0 radical (unpaired) electrons. The quantitative estimate of drug-likeness (QED) is 0.807. The highest BCUT2D eigenvalue weighted by molar-refractivity contribution is 7.89. The third-order valence-corrected chi connectivity index (χ3v) is 6.00. The Morgan fingerprint density at radius 3 is 2.57 bits per heavy atom. The van der Waals surface area contributed by atoms with Gasteiger partial charge in [0.15, 0.2) is 0 Å². The third kappa shape index (κ3) is 3.39. The summed E-state index contributed by atoms with van der Waals surface area (Å²) < 4.78 is 32.9. The fourth-order valence-electron chi connectivity index (χ4n) is 2.72. The van der Waals surface area contributed by atoms with Crippen LogP contribution in [0.2, 0.25) is 0 Å². The number of rotatable bonds is 7. The Hall–Kier alpha value is -1.11. The maximum Gasteiger partial charge on any atom is 0.244 e. The number of methoxy groups -OCH3 is 1. The zero-order valence-corrected chi connectivity index (χ0v) is 13.5. The van der Waals surface area contributed by atoms with Crippen LogP contribution in [0.4, 0.5) is 0 Å². The van der Waals surface area contributed by atoms with E-state index in [1.54, 1.807) is 18.2 Å². The van der Waals surface area contributed by atoms with Crippen molar-refractivity contribution in [2.45, 2.75) is 44.0 Å². The largest absolute Gasteiger partial charge is 0.495 e. The van der Waals surface area contributed by atoms with Gasteiger partial charge in [-0.05, 0) is 42.4 Å². The van der Waals surface area contributed by atoms with Crippen molar-refractivity contribution in [1.82, 2.24) is 4.72 Å². The molecule has 5 nitrogen and oxygen atoms in total. The van der Waals surface area contributed by atoms with E-state index >= 15 is 0 Å². The van der Waals surface area contributed by atoms with Crippen molar-refractivity contribution in [3.8, 4) is 5.75 Å². The van der Waals surface area contributed by atoms with E-state index in [1.807, 2.05) is 0 Å². The maximum absolute atomic E-state index is 12.5. The summed E-state index contributed by atoms with van der Waals surface area (Å²) >= 11 is 0. The minimum absolute atomic E-state index is 0.136. The molecule has 6 heteroatoms. The van der Waals surface area contributed by atoms with Gasteiger partial charge in [-0.2, -0.15) is 0 Å². The van der Waals surface area contributed by atoms with Crippen molar-refractivity contribution in [3.05, 3.63) is 23.8 Å². The van der Waals surface area contributed by atoms with Crippen LogP contribution >= 0.6 is 0 Å². The zero-order valence-electron chi connectivity index (χ0n) is 12.7. The molecular formula is C15H24N2O3S. The summed E-state index contributed by atoms with van der Waals surface area (Å²) in [4.78, 5) is 0.174. The summed E-state index contributed by atoms with van der Waals surface area (Å²) in [6.07, 6.45) is 4.37. The lowest BCUT2D eigenvalue weighted by Crippen LogP contribution is -2.41. The molecule has 2 rings (SSSR count). The Morgan fingerprint density at radius 2 is 2.10 bits per heavy atom. The van der Waals surface area contributed by atoms with Crippen molar-refractivity contribution in [2.75, 3.05) is 13.7 Å². The number of nitrogens with one attached hydrogen (secondary N) is 1. The molecule has 0 unspecified atom stereocenters. The van der Waals surface area contributed by atoms with Crippen LogP contribution in [0.15, 0.2) is 23.1 Å². The molecule has 1 aliphatic rings. The Kier molecular flexibility index (Phi) is 4.91. The van der Waals surface area contributed by atoms with Gasteiger partial charge >= 0.3 is 0 Å². The van der Waals surface area contributed by atoms with E-state index in [0.29, 0.717) is 18.8 Å². The van der Waals surface area contributed by atoms with Crippen molar-refractivity contribution in [2.24, 2.45) is 11.1 Å². The first kappa shape index (κ1) is 16.3. The van der Waals surface area contributed by atoms with Gasteiger partial charge in [0.2, 0.25) is 10.0 Å². The Labute approximate surface area is 126 Å². The lowest BCUT2D eigenvalue weighted by Gasteiger charge is -2.41. The van der Waals surface area contributed by atoms with E-state index in [1.165, 1.54) is 13.5 Å². The Bertz CT molecular complexity index is 589. The number of benzene rings is 1. The number of sulfonamides is 1. The molecule has 3 N–H and O–H groups in total. The van der Waals surface area contributed by atoms with E-state index in [0.717, 1.165) is 24.8 Å². The summed E-state index contributed by atoms with van der Waals surface area (Å²) in [7, 11) is -2.10. The molecule has 1 aromatic rings. The molecule has 0 saturated heterocycles. The van der Waals surface area contributed by atoms with Crippen molar-refractivity contribution < 1.29 is 13.2 Å². The highest BCUT2D eigenvalue weighted by Crippen LogP contribution is 2.43. The standard InChI is InChI=1S/C15H24N2O3S/c1-3-15(7-4-8-15)11-17-21(18,19)14-6-5-12(10-16)9-13(14)20-2/h5-6,9,17H,3-4,7-8,10-11,16H2,1-2H3. The van der Waals surface area contributed by atoms with Gasteiger partial charge in [-0.3, -0.25) is 0 Å². The SMILES string of the molecule is CCC1(CNS(=O)(=O)c2ccc(CN)cc2OC)CCC1. The molecule has 1 saturated carbocycles. The van der Waals surface area contributed by atoms with Crippen LogP contribution in [0.3, 0.4) is 0 Å². The summed E-state index contributed by atoms with van der Waals surface area (Å²) in [5.74, 6) is 0.338. The summed E-state index contributed by atoms with van der Waals surface area (Å²) in [5, 5.41) is 0. The van der Waals surface area contributed by atoms with Crippen LogP contribution < -0.4 is 15.2 Å². The van der Waals surface area contributed by atoms with Gasteiger partial charge in [0.25, 0.3) is 0 Å². The second-order valence-corrected chi connectivity index (χ2v) is 7.46. The highest BCUT2D eigenvalue weighted by atomic mass is 32.2. The van der Waals surface area contributed by atoms with Gasteiger partial charge in [-0.1, -0.05) is 19.4 Å². The molecule has 0 aliphatic heterocycles. The lowest BCUT2D eigenvalue weighted by molar-refractivity contribution is 0.133. The molecule has 1 aromatic carbocycles. The van der Waals surface area contributed by atoms with Crippen LogP contribution in [0, 0.1) is 5.41 Å². The summed E-state index contributed by atoms with van der Waals surface area (Å²) in [6, 6.07) is 4.95. The second kappa shape index (κ2) is 6.34. The summed E-state index contributed by atoms with van der Waals surface area (Å²) in [6.45, 7) is 2.96. The van der Waals surface area contributed by atoms with Crippen LogP contribution in [0.25, 0.3) is 0 Å². The van der Waals surface area contributed by atoms with Gasteiger partial charge in [0.05, 0.1) is 7.11 Å². The van der Waals surface area contributed by atoms with E-state index in [2.05, 4.69) is 11.6 Å². The van der Waals surface area contributed by atoms with Gasteiger partial charge in [0, 0.05) is 13.1 Å². The van der Waals surface area contributed by atoms with E-state index in [-0.39, 0.29) is 10.3 Å². The van der Waals surface area contributed by atoms with Gasteiger partial charge < -0.3 is 10.5 Å². The summed E-state index contributed by atoms with van der Waals surface area (Å²) in [5.41, 5.74) is 6.55. The average molecular weight is 312 g/mol. The van der Waals surface area contributed by atoms with Crippen LogP contribution in [0.1, 0.15) is 38.2 Å². The predicted octanol–water partition coefficient (Wildman–Crippen LogP) is 2.01. The zero-order chi connectivity index (χ0) is 15.5. The molecule has 0 bridgehead atoms. The van der Waals surface area contributed by atoms with Crippen LogP contribution in [0.5, 0.6) is 5.75 Å². The molecule has 118 valence electrons. The molecule has 21 heavy (non-hydrogen) atoms. The Morgan fingerprint density at radius 1 is 1.38 bits per heavy atom. The molecule has 0 amide bonds. The first-order valence-corrected chi connectivity index (χ1v) is 8.81. The van der Waals surface area contributed by atoms with Crippen molar-refractivity contribution in [3.63, 3.8) is 0 Å². The number of nitrogens with two attached hydrogens (primary N) is 1. The minimum Gasteiger partial charge on any atom is -0.495 e. The average Bonchev–Trinajstić information content (AvgIpc) is 2.45. The monoisotopic (exact) mass is 312 g/mol. The fraction of sp³-hybridized carbons (Fsp3) is 0.600. The molecular weight excluding hydrogens is 288 g/mol. The topological polar surface area (TPSA) is 81.4 Å². The van der Waals surface area contributed by atoms with Crippen LogP contribution in [-0.2, 0) is 16.6 Å². The van der Waals surface area contributed by atoms with E-state index in [9.17, 15) is 8.42 Å². The second-order valence-electron chi connectivity index (χ2n) is 5.72. The number of hydrogen-bond donors (Lipinski definition) is 2. The van der Waals surface area contributed by atoms with E-state index < -0.39 is 10.0 Å².